The highest BCUT2D eigenvalue weighted by Crippen LogP contribution is 2.24. The van der Waals surface area contributed by atoms with Crippen molar-refractivity contribution in [3.63, 3.8) is 0 Å². The van der Waals surface area contributed by atoms with Gasteiger partial charge in [-0.2, -0.15) is 0 Å². The standard InChI is InChI=1S/C24H29ClN4O2/c1-24(2,3)31-23(30)28-14-6-7-19(16-28)26-22-27-20-8-4-5-9-21(20)29(22)15-17-10-12-18(25)13-11-17/h4-5,8-13,19H,6-7,14-16H2,1-3H3,(H,26,27)/t19-/m0/s1. The highest BCUT2D eigenvalue weighted by atomic mass is 35.5. The molecule has 0 saturated carbocycles. The molecule has 2 aromatic carbocycles. The number of rotatable bonds is 4. The summed E-state index contributed by atoms with van der Waals surface area (Å²) in [7, 11) is 0. The maximum atomic E-state index is 12.5. The van der Waals surface area contributed by atoms with E-state index in [1.54, 1.807) is 4.90 Å². The Morgan fingerprint density at radius 1 is 1.19 bits per heavy atom. The van der Waals surface area contributed by atoms with Crippen molar-refractivity contribution >= 4 is 34.7 Å². The summed E-state index contributed by atoms with van der Waals surface area (Å²) in [5.74, 6) is 0.812. The van der Waals surface area contributed by atoms with Gasteiger partial charge in [-0.1, -0.05) is 35.9 Å². The van der Waals surface area contributed by atoms with E-state index in [9.17, 15) is 4.79 Å². The van der Waals surface area contributed by atoms with Crippen molar-refractivity contribution < 1.29 is 9.53 Å². The van der Waals surface area contributed by atoms with Crippen LogP contribution in [0.15, 0.2) is 48.5 Å². The number of hydrogen-bond donors (Lipinski definition) is 1. The Hall–Kier alpha value is -2.73. The highest BCUT2D eigenvalue weighted by Gasteiger charge is 2.28. The number of likely N-dealkylation sites (tertiary alicyclic amines) is 1. The number of anilines is 1. The van der Waals surface area contributed by atoms with Crippen molar-refractivity contribution in [2.75, 3.05) is 18.4 Å². The summed E-state index contributed by atoms with van der Waals surface area (Å²) in [5.41, 5.74) is 2.66. The zero-order chi connectivity index (χ0) is 22.0. The molecule has 0 spiro atoms. The number of carbonyl (C=O) groups excluding carboxylic acids is 1. The van der Waals surface area contributed by atoms with Gasteiger partial charge in [-0.25, -0.2) is 9.78 Å². The fourth-order valence-corrected chi connectivity index (χ4v) is 4.01. The fraction of sp³-hybridized carbons (Fsp3) is 0.417. The number of amides is 1. The van der Waals surface area contributed by atoms with Gasteiger partial charge in [0.25, 0.3) is 0 Å². The molecule has 1 saturated heterocycles. The number of nitrogens with one attached hydrogen (secondary N) is 1. The molecule has 7 heteroatoms. The van der Waals surface area contributed by atoms with E-state index in [0.29, 0.717) is 19.6 Å². The molecule has 1 fully saturated rings. The van der Waals surface area contributed by atoms with E-state index in [-0.39, 0.29) is 12.1 Å². The van der Waals surface area contributed by atoms with Crippen molar-refractivity contribution in [3.8, 4) is 0 Å². The lowest BCUT2D eigenvalue weighted by Crippen LogP contribution is -2.47. The zero-order valence-electron chi connectivity index (χ0n) is 18.3. The molecule has 2 heterocycles. The Morgan fingerprint density at radius 3 is 2.68 bits per heavy atom. The van der Waals surface area contributed by atoms with Gasteiger partial charge in [-0.3, -0.25) is 0 Å². The van der Waals surface area contributed by atoms with Crippen molar-refractivity contribution in [2.24, 2.45) is 0 Å². The number of carbonyl (C=O) groups is 1. The molecule has 1 N–H and O–H groups in total. The Bertz CT molecular complexity index is 1060. The average Bonchev–Trinajstić information content (AvgIpc) is 3.06. The van der Waals surface area contributed by atoms with Crippen molar-refractivity contribution in [3.05, 3.63) is 59.1 Å². The normalized spacial score (nSPS) is 17.0. The Labute approximate surface area is 188 Å². The van der Waals surface area contributed by atoms with Crippen LogP contribution in [0.2, 0.25) is 5.02 Å². The molecule has 0 radical (unpaired) electrons. The van der Waals surface area contributed by atoms with Crippen LogP contribution in [-0.4, -0.2) is 45.3 Å². The molecule has 4 rings (SSSR count). The van der Waals surface area contributed by atoms with E-state index < -0.39 is 5.60 Å². The summed E-state index contributed by atoms with van der Waals surface area (Å²) < 4.78 is 7.75. The Morgan fingerprint density at radius 2 is 1.94 bits per heavy atom. The third kappa shape index (κ3) is 5.31. The number of para-hydroxylation sites is 2. The van der Waals surface area contributed by atoms with Gasteiger partial charge in [0.1, 0.15) is 5.60 Å². The van der Waals surface area contributed by atoms with E-state index in [1.807, 2.05) is 63.2 Å². The van der Waals surface area contributed by atoms with Crippen LogP contribution < -0.4 is 5.32 Å². The van der Waals surface area contributed by atoms with E-state index in [1.165, 1.54) is 0 Å². The fourth-order valence-electron chi connectivity index (χ4n) is 3.89. The minimum atomic E-state index is -0.496. The molecule has 1 amide bonds. The van der Waals surface area contributed by atoms with Crippen LogP contribution in [0.5, 0.6) is 0 Å². The van der Waals surface area contributed by atoms with Gasteiger partial charge in [0.15, 0.2) is 0 Å². The number of imidazole rings is 1. The Balaban J connectivity index is 1.55. The van der Waals surface area contributed by atoms with Crippen LogP contribution in [0, 0.1) is 0 Å². The minimum absolute atomic E-state index is 0.113. The van der Waals surface area contributed by atoms with Crippen molar-refractivity contribution in [2.45, 2.75) is 51.8 Å². The molecule has 1 aromatic heterocycles. The predicted octanol–water partition coefficient (Wildman–Crippen LogP) is 5.55. The number of halogens is 1. The number of nitrogens with zero attached hydrogens (tertiary/aromatic N) is 3. The van der Waals surface area contributed by atoms with Gasteiger partial charge < -0.3 is 19.5 Å². The van der Waals surface area contributed by atoms with E-state index in [0.717, 1.165) is 40.4 Å². The molecule has 6 nitrogen and oxygen atoms in total. The smallest absolute Gasteiger partial charge is 0.410 e. The molecule has 0 aliphatic carbocycles. The Kier molecular flexibility index (Phi) is 6.10. The second-order valence-corrected chi connectivity index (χ2v) is 9.48. The summed E-state index contributed by atoms with van der Waals surface area (Å²) in [5, 5.41) is 4.32. The number of fused-ring (bicyclic) bond motifs is 1. The maximum Gasteiger partial charge on any atom is 0.410 e. The van der Waals surface area contributed by atoms with Crippen LogP contribution in [0.4, 0.5) is 10.7 Å². The monoisotopic (exact) mass is 440 g/mol. The minimum Gasteiger partial charge on any atom is -0.444 e. The number of benzene rings is 2. The third-order valence-electron chi connectivity index (χ3n) is 5.31. The van der Waals surface area contributed by atoms with Crippen LogP contribution in [-0.2, 0) is 11.3 Å². The quantitative estimate of drug-likeness (QED) is 0.577. The zero-order valence-corrected chi connectivity index (χ0v) is 19.0. The number of ether oxygens (including phenoxy) is 1. The molecule has 0 unspecified atom stereocenters. The summed E-state index contributed by atoms with van der Waals surface area (Å²) in [4.78, 5) is 19.2. The maximum absolute atomic E-state index is 12.5. The molecule has 1 atom stereocenters. The van der Waals surface area contributed by atoms with Gasteiger partial charge in [0.05, 0.1) is 17.6 Å². The predicted molar refractivity (Wildman–Crippen MR) is 125 cm³/mol. The largest absolute Gasteiger partial charge is 0.444 e. The molecule has 3 aromatic rings. The first-order valence-corrected chi connectivity index (χ1v) is 11.1. The van der Waals surface area contributed by atoms with Gasteiger partial charge in [0, 0.05) is 24.2 Å². The second-order valence-electron chi connectivity index (χ2n) is 9.05. The lowest BCUT2D eigenvalue weighted by atomic mass is 10.1. The third-order valence-corrected chi connectivity index (χ3v) is 5.57. The first-order chi connectivity index (χ1) is 14.8. The molecule has 31 heavy (non-hydrogen) atoms. The molecule has 1 aliphatic rings. The SMILES string of the molecule is CC(C)(C)OC(=O)N1CCC[C@H](Nc2nc3ccccc3n2Cc2ccc(Cl)cc2)C1. The van der Waals surface area contributed by atoms with E-state index in [2.05, 4.69) is 16.0 Å². The lowest BCUT2D eigenvalue weighted by Gasteiger charge is -2.34. The lowest BCUT2D eigenvalue weighted by molar-refractivity contribution is 0.0206. The van der Waals surface area contributed by atoms with Gasteiger partial charge in [-0.15, -0.1) is 0 Å². The van der Waals surface area contributed by atoms with Crippen LogP contribution in [0.3, 0.4) is 0 Å². The average molecular weight is 441 g/mol. The molecular formula is C24H29ClN4O2. The van der Waals surface area contributed by atoms with Gasteiger partial charge >= 0.3 is 6.09 Å². The van der Waals surface area contributed by atoms with E-state index in [4.69, 9.17) is 21.3 Å². The topological polar surface area (TPSA) is 59.4 Å². The van der Waals surface area contributed by atoms with E-state index >= 15 is 0 Å². The second kappa shape index (κ2) is 8.79. The molecule has 0 bridgehead atoms. The van der Waals surface area contributed by atoms with Crippen LogP contribution in [0.1, 0.15) is 39.2 Å². The van der Waals surface area contributed by atoms with Crippen LogP contribution >= 0.6 is 11.6 Å². The number of hydrogen-bond acceptors (Lipinski definition) is 4. The summed E-state index contributed by atoms with van der Waals surface area (Å²) in [6, 6.07) is 16.1. The van der Waals surface area contributed by atoms with Gasteiger partial charge in [0.2, 0.25) is 5.95 Å². The van der Waals surface area contributed by atoms with Crippen molar-refractivity contribution in [1.29, 1.82) is 0 Å². The van der Waals surface area contributed by atoms with Crippen LogP contribution in [0.25, 0.3) is 11.0 Å². The number of aromatic nitrogens is 2. The molecular weight excluding hydrogens is 412 g/mol. The number of piperidine rings is 1. The summed E-state index contributed by atoms with van der Waals surface area (Å²) in [6.07, 6.45) is 1.64. The van der Waals surface area contributed by atoms with Gasteiger partial charge in [-0.05, 0) is 63.4 Å². The summed E-state index contributed by atoms with van der Waals surface area (Å²) in [6.45, 7) is 7.67. The van der Waals surface area contributed by atoms with Crippen molar-refractivity contribution in [1.82, 2.24) is 14.5 Å². The molecule has 1 aliphatic heterocycles. The molecule has 164 valence electrons. The summed E-state index contributed by atoms with van der Waals surface area (Å²) >= 11 is 6.05. The first-order valence-electron chi connectivity index (χ1n) is 10.7. The first kappa shape index (κ1) is 21.5. The highest BCUT2D eigenvalue weighted by molar-refractivity contribution is 6.30.